The van der Waals surface area contributed by atoms with E-state index in [1.54, 1.807) is 20.8 Å². The molecular weight excluding hydrogens is 336 g/mol. The number of carboxylic acid groups (broad SMARTS) is 1. The second-order valence-corrected chi connectivity index (χ2v) is 6.26. The fourth-order valence-electron chi connectivity index (χ4n) is 1.86. The Morgan fingerprint density at radius 2 is 1.96 bits per heavy atom. The van der Waals surface area contributed by atoms with Gasteiger partial charge in [-0.1, -0.05) is 12.1 Å². The van der Waals surface area contributed by atoms with Crippen molar-refractivity contribution in [2.24, 2.45) is 0 Å². The van der Waals surface area contributed by atoms with E-state index >= 15 is 0 Å². The number of carbonyl (C=O) groups excluding carboxylic acids is 1. The fourth-order valence-corrected chi connectivity index (χ4v) is 1.86. The van der Waals surface area contributed by atoms with Crippen LogP contribution in [0.25, 0.3) is 0 Å². The lowest BCUT2D eigenvalue weighted by Gasteiger charge is -2.22. The molecular formula is C15H21BFNO7. The Kier molecular flexibility index (Phi) is 7.19. The second-order valence-electron chi connectivity index (χ2n) is 6.26. The average molecular weight is 357 g/mol. The molecule has 0 spiro atoms. The molecule has 1 amide bonds. The van der Waals surface area contributed by atoms with Crippen LogP contribution in [0.3, 0.4) is 0 Å². The maximum absolute atomic E-state index is 14.3. The van der Waals surface area contributed by atoms with Crippen molar-refractivity contribution in [1.29, 1.82) is 0 Å². The zero-order valence-electron chi connectivity index (χ0n) is 14.2. The zero-order chi connectivity index (χ0) is 19.2. The van der Waals surface area contributed by atoms with Gasteiger partial charge in [0.25, 0.3) is 0 Å². The molecule has 1 unspecified atom stereocenters. The van der Waals surface area contributed by atoms with Gasteiger partial charge in [-0.3, -0.25) is 0 Å². The number of hydrogen-bond acceptors (Lipinski definition) is 6. The number of alkyl carbamates (subject to hydrolysis) is 1. The van der Waals surface area contributed by atoms with E-state index in [4.69, 9.17) is 19.5 Å². The number of benzene rings is 1. The molecule has 0 aliphatic heterocycles. The van der Waals surface area contributed by atoms with Gasteiger partial charge in [0.05, 0.1) is 0 Å². The van der Waals surface area contributed by atoms with Gasteiger partial charge < -0.3 is 29.9 Å². The van der Waals surface area contributed by atoms with Crippen LogP contribution in [0.15, 0.2) is 18.2 Å². The van der Waals surface area contributed by atoms with Gasteiger partial charge in [0.1, 0.15) is 18.1 Å². The number of aliphatic carboxylic acids is 1. The maximum atomic E-state index is 14.3. The van der Waals surface area contributed by atoms with E-state index in [0.29, 0.717) is 0 Å². The molecule has 1 aromatic carbocycles. The number of ether oxygens (including phenoxy) is 2. The van der Waals surface area contributed by atoms with Crippen LogP contribution in [0, 0.1) is 5.82 Å². The molecule has 0 saturated heterocycles. The number of carboxylic acids is 1. The lowest BCUT2D eigenvalue weighted by atomic mass is 9.95. The first-order valence-electron chi connectivity index (χ1n) is 7.48. The monoisotopic (exact) mass is 357 g/mol. The Morgan fingerprint density at radius 3 is 2.48 bits per heavy atom. The van der Waals surface area contributed by atoms with Gasteiger partial charge in [-0.05, 0) is 32.4 Å². The molecule has 138 valence electrons. The number of amides is 1. The molecule has 0 fully saturated rings. The van der Waals surface area contributed by atoms with Crippen molar-refractivity contribution in [2.45, 2.75) is 38.8 Å². The van der Waals surface area contributed by atoms with Gasteiger partial charge in [-0.15, -0.1) is 0 Å². The molecule has 1 rings (SSSR count). The van der Waals surface area contributed by atoms with Gasteiger partial charge in [0, 0.05) is 6.42 Å². The van der Waals surface area contributed by atoms with Crippen molar-refractivity contribution < 1.29 is 38.6 Å². The van der Waals surface area contributed by atoms with Crippen LogP contribution in [0.2, 0.25) is 0 Å². The number of nitrogens with one attached hydrogen (secondary N) is 1. The van der Waals surface area contributed by atoms with Gasteiger partial charge >= 0.3 is 19.2 Å². The SMILES string of the molecule is CC(C)(C)OC(=O)NC(Cc1cccc(OCB(O)O)c1F)C(=O)O. The van der Waals surface area contributed by atoms with Crippen molar-refractivity contribution in [3.63, 3.8) is 0 Å². The van der Waals surface area contributed by atoms with Gasteiger partial charge in [-0.2, -0.15) is 0 Å². The Bertz CT molecular complexity index is 618. The van der Waals surface area contributed by atoms with Crippen LogP contribution in [-0.4, -0.2) is 52.5 Å². The first-order valence-corrected chi connectivity index (χ1v) is 7.48. The van der Waals surface area contributed by atoms with Crippen LogP contribution in [-0.2, 0) is 16.0 Å². The summed E-state index contributed by atoms with van der Waals surface area (Å²) in [5, 5.41) is 28.9. The van der Waals surface area contributed by atoms with Crippen molar-refractivity contribution in [1.82, 2.24) is 5.32 Å². The Hall–Kier alpha value is -2.33. The highest BCUT2D eigenvalue weighted by Gasteiger charge is 2.26. The van der Waals surface area contributed by atoms with Crippen molar-refractivity contribution in [3.05, 3.63) is 29.6 Å². The molecule has 0 saturated carbocycles. The third kappa shape index (κ3) is 7.40. The predicted octanol–water partition coefficient (Wildman–Crippen LogP) is 0.737. The lowest BCUT2D eigenvalue weighted by molar-refractivity contribution is -0.139. The Balaban J connectivity index is 2.86. The van der Waals surface area contributed by atoms with Crippen molar-refractivity contribution in [3.8, 4) is 5.75 Å². The summed E-state index contributed by atoms with van der Waals surface area (Å²) in [6.45, 7) is 4.33. The van der Waals surface area contributed by atoms with Crippen LogP contribution in [0.4, 0.5) is 9.18 Å². The third-order valence-corrected chi connectivity index (χ3v) is 2.84. The number of hydrogen-bond donors (Lipinski definition) is 4. The molecule has 10 heteroatoms. The van der Waals surface area contributed by atoms with Crippen molar-refractivity contribution >= 4 is 19.2 Å². The highest BCUT2D eigenvalue weighted by molar-refractivity contribution is 6.40. The molecule has 8 nitrogen and oxygen atoms in total. The molecule has 0 bridgehead atoms. The van der Waals surface area contributed by atoms with E-state index in [1.807, 2.05) is 0 Å². The highest BCUT2D eigenvalue weighted by atomic mass is 19.1. The minimum absolute atomic E-state index is 0.0200. The summed E-state index contributed by atoms with van der Waals surface area (Å²) >= 11 is 0. The molecule has 4 N–H and O–H groups in total. The van der Waals surface area contributed by atoms with Crippen LogP contribution < -0.4 is 10.1 Å². The number of rotatable bonds is 7. The first kappa shape index (κ1) is 20.7. The number of carbonyl (C=O) groups is 2. The predicted molar refractivity (Wildman–Crippen MR) is 86.6 cm³/mol. The van der Waals surface area contributed by atoms with E-state index in [-0.39, 0.29) is 17.7 Å². The summed E-state index contributed by atoms with van der Waals surface area (Å²) in [4.78, 5) is 23.0. The molecule has 1 atom stereocenters. The molecule has 0 aliphatic rings. The summed E-state index contributed by atoms with van der Waals surface area (Å²) in [7, 11) is -1.77. The van der Waals surface area contributed by atoms with E-state index in [2.05, 4.69) is 5.32 Å². The summed E-state index contributed by atoms with van der Waals surface area (Å²) < 4.78 is 24.2. The fraction of sp³-hybridized carbons (Fsp3) is 0.467. The molecule has 1 aromatic rings. The summed E-state index contributed by atoms with van der Waals surface area (Å²) in [6.07, 6.45) is -1.28. The lowest BCUT2D eigenvalue weighted by Crippen LogP contribution is -2.44. The van der Waals surface area contributed by atoms with E-state index in [1.165, 1.54) is 18.2 Å². The molecule has 25 heavy (non-hydrogen) atoms. The topological polar surface area (TPSA) is 125 Å². The number of halogens is 1. The molecule has 0 aromatic heterocycles. The first-order chi connectivity index (χ1) is 11.5. The van der Waals surface area contributed by atoms with E-state index in [0.717, 1.165) is 0 Å². The average Bonchev–Trinajstić information content (AvgIpc) is 2.45. The second kappa shape index (κ2) is 8.68. The quantitative estimate of drug-likeness (QED) is 0.530. The standard InChI is InChI=1S/C15H21BFNO7/c1-15(2,3)25-14(21)18-10(13(19)20)7-9-5-4-6-11(12(9)17)24-8-16(22)23/h4-6,10,22-23H,7-8H2,1-3H3,(H,18,21)(H,19,20). The Labute approximate surface area is 144 Å². The smallest absolute Gasteiger partial charge is 0.491 e. The molecule has 0 heterocycles. The minimum Gasteiger partial charge on any atom is -0.493 e. The molecule has 0 radical (unpaired) electrons. The van der Waals surface area contributed by atoms with Crippen LogP contribution in [0.5, 0.6) is 5.75 Å². The summed E-state index contributed by atoms with van der Waals surface area (Å²) in [6, 6.07) is 2.61. The maximum Gasteiger partial charge on any atom is 0.491 e. The van der Waals surface area contributed by atoms with Crippen LogP contribution >= 0.6 is 0 Å². The van der Waals surface area contributed by atoms with E-state index < -0.39 is 43.1 Å². The zero-order valence-corrected chi connectivity index (χ0v) is 14.2. The summed E-state index contributed by atoms with van der Waals surface area (Å²) in [5.74, 6) is -2.46. The van der Waals surface area contributed by atoms with E-state index in [9.17, 15) is 19.1 Å². The van der Waals surface area contributed by atoms with Crippen LogP contribution in [0.1, 0.15) is 26.3 Å². The largest absolute Gasteiger partial charge is 0.493 e. The van der Waals surface area contributed by atoms with Gasteiger partial charge in [-0.25, -0.2) is 14.0 Å². The normalized spacial score (nSPS) is 12.2. The third-order valence-electron chi connectivity index (χ3n) is 2.84. The molecule has 0 aliphatic carbocycles. The minimum atomic E-state index is -1.77. The van der Waals surface area contributed by atoms with Crippen molar-refractivity contribution in [2.75, 3.05) is 6.51 Å². The summed E-state index contributed by atoms with van der Waals surface area (Å²) in [5.41, 5.74) is -0.828. The van der Waals surface area contributed by atoms with Gasteiger partial charge in [0.2, 0.25) is 0 Å². The van der Waals surface area contributed by atoms with Gasteiger partial charge in [0.15, 0.2) is 11.6 Å². The highest BCUT2D eigenvalue weighted by Crippen LogP contribution is 2.22. The Morgan fingerprint density at radius 1 is 1.32 bits per heavy atom.